The molecule has 2 heterocycles. The molecular formula is C23H17BrFNO3S. The fraction of sp³-hybridized carbons (Fsp3) is 0.130. The van der Waals surface area contributed by atoms with E-state index in [1.807, 2.05) is 18.4 Å². The summed E-state index contributed by atoms with van der Waals surface area (Å²) in [6, 6.07) is 13.9. The molecule has 1 saturated heterocycles. The minimum Gasteiger partial charge on any atom is -0.507 e. The molecule has 0 bridgehead atoms. The number of nitrogens with zero attached hydrogens (tertiary/aromatic N) is 1. The van der Waals surface area contributed by atoms with Gasteiger partial charge in [-0.25, -0.2) is 4.39 Å². The number of carbonyl (C=O) groups is 2. The van der Waals surface area contributed by atoms with Gasteiger partial charge in [-0.05, 0) is 53.8 Å². The quantitative estimate of drug-likeness (QED) is 0.298. The van der Waals surface area contributed by atoms with Gasteiger partial charge >= 0.3 is 0 Å². The zero-order valence-corrected chi connectivity index (χ0v) is 18.3. The lowest BCUT2D eigenvalue weighted by atomic mass is 9.98. The van der Waals surface area contributed by atoms with Crippen molar-refractivity contribution in [3.63, 3.8) is 0 Å². The Hall–Kier alpha value is -2.77. The van der Waals surface area contributed by atoms with Gasteiger partial charge in [-0.15, -0.1) is 11.3 Å². The second-order valence-electron chi connectivity index (χ2n) is 7.03. The zero-order chi connectivity index (χ0) is 21.4. The number of likely N-dealkylation sites (tertiary alicyclic amines) is 1. The highest BCUT2D eigenvalue weighted by atomic mass is 79.9. The van der Waals surface area contributed by atoms with Gasteiger partial charge in [0, 0.05) is 21.5 Å². The van der Waals surface area contributed by atoms with E-state index in [2.05, 4.69) is 15.9 Å². The Bertz CT molecular complexity index is 1150. The summed E-state index contributed by atoms with van der Waals surface area (Å²) in [5.41, 5.74) is 2.14. The SMILES string of the molecule is Cc1ccsc1C1/C(=C(/O)c2ccc(Br)cc2)C(=O)C(=O)N1Cc1ccc(F)cc1. The zero-order valence-electron chi connectivity index (χ0n) is 15.9. The summed E-state index contributed by atoms with van der Waals surface area (Å²) in [5.74, 6) is -1.99. The predicted molar refractivity (Wildman–Crippen MR) is 117 cm³/mol. The summed E-state index contributed by atoms with van der Waals surface area (Å²) in [6.45, 7) is 2.04. The summed E-state index contributed by atoms with van der Waals surface area (Å²) in [7, 11) is 0. The van der Waals surface area contributed by atoms with E-state index in [0.29, 0.717) is 11.1 Å². The molecule has 3 aromatic rings. The number of Topliss-reactive ketones (excluding diaryl/α,β-unsaturated/α-hetero) is 1. The number of hydrogen-bond acceptors (Lipinski definition) is 4. The Morgan fingerprint density at radius 1 is 1.10 bits per heavy atom. The van der Waals surface area contributed by atoms with Gasteiger partial charge < -0.3 is 10.0 Å². The minimum absolute atomic E-state index is 0.0648. The fourth-order valence-electron chi connectivity index (χ4n) is 3.53. The normalized spacial score (nSPS) is 18.2. The molecule has 30 heavy (non-hydrogen) atoms. The van der Waals surface area contributed by atoms with Gasteiger partial charge in [-0.3, -0.25) is 9.59 Å². The van der Waals surface area contributed by atoms with Gasteiger partial charge in [-0.1, -0.05) is 40.2 Å². The van der Waals surface area contributed by atoms with Crippen LogP contribution in [0.4, 0.5) is 4.39 Å². The standard InChI is InChI=1S/C23H17BrFNO3S/c1-13-10-11-30-22(13)19-18(20(27)15-4-6-16(24)7-5-15)21(28)23(29)26(19)12-14-2-8-17(25)9-3-14/h2-11,19,27H,12H2,1H3/b20-18-. The summed E-state index contributed by atoms with van der Waals surface area (Å²) >= 11 is 4.78. The Morgan fingerprint density at radius 2 is 1.77 bits per heavy atom. The van der Waals surface area contributed by atoms with Crippen LogP contribution in [0.15, 0.2) is 70.0 Å². The van der Waals surface area contributed by atoms with Crippen molar-refractivity contribution in [3.05, 3.63) is 97.4 Å². The van der Waals surface area contributed by atoms with E-state index < -0.39 is 17.7 Å². The Kier molecular flexibility index (Phi) is 5.58. The monoisotopic (exact) mass is 485 g/mol. The Balaban J connectivity index is 1.84. The molecule has 152 valence electrons. The highest BCUT2D eigenvalue weighted by molar-refractivity contribution is 9.10. The highest BCUT2D eigenvalue weighted by Gasteiger charge is 2.47. The maximum absolute atomic E-state index is 13.3. The van der Waals surface area contributed by atoms with E-state index in [1.165, 1.54) is 28.4 Å². The molecule has 1 N–H and O–H groups in total. The van der Waals surface area contributed by atoms with E-state index in [-0.39, 0.29) is 23.7 Å². The number of aliphatic hydroxyl groups is 1. The van der Waals surface area contributed by atoms with Crippen LogP contribution in [0.25, 0.3) is 5.76 Å². The van der Waals surface area contributed by atoms with Gasteiger partial charge in [0.1, 0.15) is 17.6 Å². The van der Waals surface area contributed by atoms with Gasteiger partial charge in [0.2, 0.25) is 0 Å². The van der Waals surface area contributed by atoms with Gasteiger partial charge in [0.05, 0.1) is 5.57 Å². The van der Waals surface area contributed by atoms with E-state index >= 15 is 0 Å². The third-order valence-electron chi connectivity index (χ3n) is 5.07. The van der Waals surface area contributed by atoms with Crippen LogP contribution in [-0.2, 0) is 16.1 Å². The van der Waals surface area contributed by atoms with Crippen molar-refractivity contribution in [3.8, 4) is 0 Å². The molecule has 0 spiro atoms. The van der Waals surface area contributed by atoms with Crippen molar-refractivity contribution in [1.29, 1.82) is 0 Å². The molecular weight excluding hydrogens is 469 g/mol. The number of amides is 1. The van der Waals surface area contributed by atoms with Crippen molar-refractivity contribution < 1.29 is 19.1 Å². The van der Waals surface area contributed by atoms with Crippen molar-refractivity contribution in [2.75, 3.05) is 0 Å². The van der Waals surface area contributed by atoms with Crippen molar-refractivity contribution in [2.45, 2.75) is 19.5 Å². The van der Waals surface area contributed by atoms with Crippen LogP contribution < -0.4 is 0 Å². The number of aliphatic hydroxyl groups excluding tert-OH is 1. The van der Waals surface area contributed by atoms with Crippen molar-refractivity contribution in [1.82, 2.24) is 4.90 Å². The molecule has 1 aliphatic heterocycles. The Labute approximate surface area is 185 Å². The molecule has 1 atom stereocenters. The maximum Gasteiger partial charge on any atom is 0.295 e. The molecule has 4 rings (SSSR count). The molecule has 7 heteroatoms. The Morgan fingerprint density at radius 3 is 2.37 bits per heavy atom. The van der Waals surface area contributed by atoms with Gasteiger partial charge in [0.15, 0.2) is 0 Å². The topological polar surface area (TPSA) is 57.6 Å². The lowest BCUT2D eigenvalue weighted by Gasteiger charge is -2.25. The van der Waals surface area contributed by atoms with Gasteiger partial charge in [-0.2, -0.15) is 0 Å². The molecule has 1 amide bonds. The second kappa shape index (κ2) is 8.16. The lowest BCUT2D eigenvalue weighted by Crippen LogP contribution is -2.29. The number of aryl methyl sites for hydroxylation is 1. The fourth-order valence-corrected chi connectivity index (χ4v) is 4.84. The molecule has 1 unspecified atom stereocenters. The molecule has 1 aromatic heterocycles. The van der Waals surface area contributed by atoms with Crippen LogP contribution in [0.1, 0.15) is 27.6 Å². The van der Waals surface area contributed by atoms with Crippen LogP contribution >= 0.6 is 27.3 Å². The van der Waals surface area contributed by atoms with E-state index in [1.54, 1.807) is 36.4 Å². The molecule has 0 radical (unpaired) electrons. The first kappa shape index (κ1) is 20.5. The van der Waals surface area contributed by atoms with Crippen LogP contribution in [0, 0.1) is 12.7 Å². The summed E-state index contributed by atoms with van der Waals surface area (Å²) in [6.07, 6.45) is 0. The minimum atomic E-state index is -0.727. The number of rotatable bonds is 4. The summed E-state index contributed by atoms with van der Waals surface area (Å²) in [4.78, 5) is 28.2. The highest BCUT2D eigenvalue weighted by Crippen LogP contribution is 2.43. The predicted octanol–water partition coefficient (Wildman–Crippen LogP) is 5.58. The van der Waals surface area contributed by atoms with Crippen LogP contribution in [-0.4, -0.2) is 21.7 Å². The first-order valence-electron chi connectivity index (χ1n) is 9.19. The molecule has 0 saturated carbocycles. The number of carbonyl (C=O) groups excluding carboxylic acids is 2. The lowest BCUT2D eigenvalue weighted by molar-refractivity contribution is -0.140. The molecule has 1 aliphatic rings. The summed E-state index contributed by atoms with van der Waals surface area (Å²) in [5, 5.41) is 12.9. The number of halogens is 2. The van der Waals surface area contributed by atoms with Crippen LogP contribution in [0.2, 0.25) is 0 Å². The van der Waals surface area contributed by atoms with Crippen LogP contribution in [0.5, 0.6) is 0 Å². The van der Waals surface area contributed by atoms with E-state index in [0.717, 1.165) is 14.9 Å². The van der Waals surface area contributed by atoms with E-state index in [9.17, 15) is 19.1 Å². The molecule has 4 nitrogen and oxygen atoms in total. The van der Waals surface area contributed by atoms with Crippen LogP contribution in [0.3, 0.4) is 0 Å². The van der Waals surface area contributed by atoms with Crippen molar-refractivity contribution in [2.24, 2.45) is 0 Å². The number of hydrogen-bond donors (Lipinski definition) is 1. The smallest absolute Gasteiger partial charge is 0.295 e. The third kappa shape index (κ3) is 3.70. The maximum atomic E-state index is 13.3. The molecule has 0 aliphatic carbocycles. The van der Waals surface area contributed by atoms with E-state index in [4.69, 9.17) is 0 Å². The third-order valence-corrected chi connectivity index (χ3v) is 6.67. The number of thiophene rings is 1. The second-order valence-corrected chi connectivity index (χ2v) is 8.89. The summed E-state index contributed by atoms with van der Waals surface area (Å²) < 4.78 is 14.1. The average Bonchev–Trinajstić information content (AvgIpc) is 3.25. The molecule has 2 aromatic carbocycles. The van der Waals surface area contributed by atoms with Crippen molar-refractivity contribution >= 4 is 44.7 Å². The first-order chi connectivity index (χ1) is 14.4. The molecule has 1 fully saturated rings. The average molecular weight is 486 g/mol. The largest absolute Gasteiger partial charge is 0.507 e. The van der Waals surface area contributed by atoms with Gasteiger partial charge in [0.25, 0.3) is 11.7 Å². The number of benzene rings is 2. The number of ketones is 1. The first-order valence-corrected chi connectivity index (χ1v) is 10.9.